The predicted octanol–water partition coefficient (Wildman–Crippen LogP) is 3.63. The second kappa shape index (κ2) is 7.35. The number of carboxylic acid groups (broad SMARTS) is 1. The molecule has 1 aromatic carbocycles. The van der Waals surface area contributed by atoms with Crippen LogP contribution in [0.3, 0.4) is 0 Å². The lowest BCUT2D eigenvalue weighted by Gasteiger charge is -2.36. The zero-order valence-corrected chi connectivity index (χ0v) is 18.5. The number of benzene rings is 1. The van der Waals surface area contributed by atoms with Gasteiger partial charge >= 0.3 is 6.09 Å². The zero-order chi connectivity index (χ0) is 22.6. The van der Waals surface area contributed by atoms with Gasteiger partial charge in [0.15, 0.2) is 5.65 Å². The van der Waals surface area contributed by atoms with Crippen molar-refractivity contribution < 1.29 is 18.3 Å². The normalized spacial score (nSPS) is 14.6. The molecule has 11 heteroatoms. The fourth-order valence-electron chi connectivity index (χ4n) is 3.75. The number of rotatable bonds is 4. The van der Waals surface area contributed by atoms with Gasteiger partial charge in [-0.2, -0.15) is 5.10 Å². The van der Waals surface area contributed by atoms with Crippen LogP contribution >= 0.6 is 11.6 Å². The predicted molar refractivity (Wildman–Crippen MR) is 118 cm³/mol. The summed E-state index contributed by atoms with van der Waals surface area (Å²) in [6.07, 6.45) is 3.77. The molecule has 164 valence electrons. The van der Waals surface area contributed by atoms with E-state index < -0.39 is 16.1 Å². The molecule has 0 aliphatic carbocycles. The Bertz CT molecular complexity index is 1450. The number of amides is 1. The molecule has 1 aliphatic rings. The van der Waals surface area contributed by atoms with Gasteiger partial charge < -0.3 is 10.0 Å². The molecule has 3 aromatic heterocycles. The molecule has 4 heterocycles. The summed E-state index contributed by atoms with van der Waals surface area (Å²) in [5.41, 5.74) is 2.10. The SMILES string of the molecule is Cc1ccc(S(=O)(=O)n2c(-c3cnn(C4CN(C(=O)O)C4)c3)cc3c(Cl)ccnc32)cc1. The first-order valence-corrected chi connectivity index (χ1v) is 11.6. The van der Waals surface area contributed by atoms with Crippen molar-refractivity contribution in [2.45, 2.75) is 17.9 Å². The number of nitrogens with zero attached hydrogens (tertiary/aromatic N) is 5. The number of carbonyl (C=O) groups is 1. The van der Waals surface area contributed by atoms with Crippen LogP contribution in [0, 0.1) is 6.92 Å². The Balaban J connectivity index is 1.64. The van der Waals surface area contributed by atoms with Crippen molar-refractivity contribution in [2.24, 2.45) is 0 Å². The third-order valence-corrected chi connectivity index (χ3v) is 7.62. The maximum Gasteiger partial charge on any atom is 0.407 e. The maximum atomic E-state index is 13.6. The summed E-state index contributed by atoms with van der Waals surface area (Å²) in [6, 6.07) is 9.78. The number of hydrogen-bond acceptors (Lipinski definition) is 5. The van der Waals surface area contributed by atoms with Gasteiger partial charge in [0, 0.05) is 36.4 Å². The van der Waals surface area contributed by atoms with Crippen LogP contribution in [0.2, 0.25) is 5.02 Å². The summed E-state index contributed by atoms with van der Waals surface area (Å²) < 4.78 is 30.1. The second-order valence-corrected chi connectivity index (χ2v) is 9.89. The van der Waals surface area contributed by atoms with Gasteiger partial charge in [0.25, 0.3) is 10.0 Å². The molecule has 1 N–H and O–H groups in total. The molecule has 0 radical (unpaired) electrons. The Hall–Kier alpha value is -3.37. The highest BCUT2D eigenvalue weighted by Crippen LogP contribution is 2.35. The summed E-state index contributed by atoms with van der Waals surface area (Å²) in [5, 5.41) is 14.3. The van der Waals surface area contributed by atoms with Crippen molar-refractivity contribution in [2.75, 3.05) is 13.1 Å². The lowest BCUT2D eigenvalue weighted by Crippen LogP contribution is -2.50. The molecule has 4 aromatic rings. The highest BCUT2D eigenvalue weighted by atomic mass is 35.5. The fourth-order valence-corrected chi connectivity index (χ4v) is 5.43. The van der Waals surface area contributed by atoms with Crippen LogP contribution in [0.15, 0.2) is 59.9 Å². The fraction of sp³-hybridized carbons (Fsp3) is 0.190. The van der Waals surface area contributed by atoms with Gasteiger partial charge in [-0.3, -0.25) is 4.68 Å². The average Bonchev–Trinajstić information content (AvgIpc) is 3.32. The third-order valence-electron chi connectivity index (χ3n) is 5.57. The lowest BCUT2D eigenvalue weighted by atomic mass is 10.1. The van der Waals surface area contributed by atoms with E-state index in [9.17, 15) is 13.2 Å². The molecule has 1 amide bonds. The van der Waals surface area contributed by atoms with Crippen LogP contribution in [-0.4, -0.2) is 56.3 Å². The van der Waals surface area contributed by atoms with E-state index >= 15 is 0 Å². The summed E-state index contributed by atoms with van der Waals surface area (Å²) in [7, 11) is -3.98. The van der Waals surface area contributed by atoms with Crippen LogP contribution in [0.4, 0.5) is 4.79 Å². The number of hydrogen-bond donors (Lipinski definition) is 1. The topological polar surface area (TPSA) is 110 Å². The number of aryl methyl sites for hydroxylation is 1. The molecule has 0 spiro atoms. The van der Waals surface area contributed by atoms with E-state index in [1.165, 1.54) is 15.1 Å². The quantitative estimate of drug-likeness (QED) is 0.486. The molecule has 0 bridgehead atoms. The molecule has 0 unspecified atom stereocenters. The minimum atomic E-state index is -3.98. The number of halogens is 1. The Morgan fingerprint density at radius 3 is 2.59 bits per heavy atom. The molecule has 1 fully saturated rings. The Morgan fingerprint density at radius 1 is 1.19 bits per heavy atom. The molecule has 1 aliphatic heterocycles. The molecule has 9 nitrogen and oxygen atoms in total. The largest absolute Gasteiger partial charge is 0.465 e. The van der Waals surface area contributed by atoms with E-state index in [2.05, 4.69) is 10.1 Å². The summed E-state index contributed by atoms with van der Waals surface area (Å²) >= 11 is 6.35. The average molecular weight is 472 g/mol. The third kappa shape index (κ3) is 3.23. The van der Waals surface area contributed by atoms with Gasteiger partial charge in [-0.25, -0.2) is 22.2 Å². The summed E-state index contributed by atoms with van der Waals surface area (Å²) in [4.78, 5) is 16.7. The van der Waals surface area contributed by atoms with Crippen LogP contribution in [-0.2, 0) is 10.0 Å². The highest BCUT2D eigenvalue weighted by molar-refractivity contribution is 7.90. The van der Waals surface area contributed by atoms with Gasteiger partial charge in [-0.15, -0.1) is 0 Å². The monoisotopic (exact) mass is 471 g/mol. The number of likely N-dealkylation sites (tertiary alicyclic amines) is 1. The van der Waals surface area contributed by atoms with Crippen LogP contribution in [0.5, 0.6) is 0 Å². The van der Waals surface area contributed by atoms with Crippen molar-refractivity contribution in [3.8, 4) is 11.3 Å². The first-order valence-electron chi connectivity index (χ1n) is 9.76. The van der Waals surface area contributed by atoms with Gasteiger partial charge in [0.1, 0.15) is 0 Å². The molecule has 1 saturated heterocycles. The van der Waals surface area contributed by atoms with Crippen molar-refractivity contribution in [3.63, 3.8) is 0 Å². The van der Waals surface area contributed by atoms with E-state index in [0.717, 1.165) is 5.56 Å². The molecule has 5 rings (SSSR count). The van der Waals surface area contributed by atoms with E-state index in [0.29, 0.717) is 34.8 Å². The number of fused-ring (bicyclic) bond motifs is 1. The Morgan fingerprint density at radius 2 is 1.91 bits per heavy atom. The Kier molecular flexibility index (Phi) is 4.72. The minimum Gasteiger partial charge on any atom is -0.465 e. The van der Waals surface area contributed by atoms with Crippen LogP contribution < -0.4 is 0 Å². The van der Waals surface area contributed by atoms with Crippen molar-refractivity contribution in [1.82, 2.24) is 23.6 Å². The van der Waals surface area contributed by atoms with Crippen molar-refractivity contribution >= 4 is 38.8 Å². The van der Waals surface area contributed by atoms with Gasteiger partial charge in [-0.05, 0) is 31.2 Å². The van der Waals surface area contributed by atoms with E-state index in [1.54, 1.807) is 53.5 Å². The van der Waals surface area contributed by atoms with Gasteiger partial charge in [0.2, 0.25) is 0 Å². The van der Waals surface area contributed by atoms with Crippen molar-refractivity contribution in [1.29, 1.82) is 0 Å². The standard InChI is InChI=1S/C21H18ClN5O4S/c1-13-2-4-16(5-3-13)32(30,31)27-19(8-17-18(22)6-7-23-20(17)27)14-9-24-26(10-14)15-11-25(12-15)21(28)29/h2-10,15H,11-12H2,1H3,(H,28,29). The van der Waals surface area contributed by atoms with E-state index in [1.807, 2.05) is 6.92 Å². The van der Waals surface area contributed by atoms with Crippen LogP contribution in [0.1, 0.15) is 11.6 Å². The lowest BCUT2D eigenvalue weighted by molar-refractivity contribution is 0.0812. The first-order chi connectivity index (χ1) is 15.3. The summed E-state index contributed by atoms with van der Waals surface area (Å²) in [5.74, 6) is 0. The number of pyridine rings is 1. The Labute approximate surface area is 188 Å². The first kappa shape index (κ1) is 20.5. The zero-order valence-electron chi connectivity index (χ0n) is 16.9. The highest BCUT2D eigenvalue weighted by Gasteiger charge is 2.33. The molecule has 0 saturated carbocycles. The second-order valence-electron chi connectivity index (χ2n) is 7.69. The van der Waals surface area contributed by atoms with Gasteiger partial charge in [-0.1, -0.05) is 29.3 Å². The van der Waals surface area contributed by atoms with Gasteiger partial charge in [0.05, 0.1) is 27.9 Å². The molecular formula is C21H18ClN5O4S. The van der Waals surface area contributed by atoms with Crippen LogP contribution in [0.25, 0.3) is 22.3 Å². The maximum absolute atomic E-state index is 13.6. The van der Waals surface area contributed by atoms with E-state index in [-0.39, 0.29) is 16.6 Å². The minimum absolute atomic E-state index is 0.104. The van der Waals surface area contributed by atoms with Crippen molar-refractivity contribution in [3.05, 3.63) is 65.6 Å². The summed E-state index contributed by atoms with van der Waals surface area (Å²) in [6.45, 7) is 2.54. The molecular weight excluding hydrogens is 454 g/mol. The molecule has 32 heavy (non-hydrogen) atoms. The smallest absolute Gasteiger partial charge is 0.407 e. The number of aromatic nitrogens is 4. The molecule has 0 atom stereocenters. The van der Waals surface area contributed by atoms with E-state index in [4.69, 9.17) is 16.7 Å².